The number of unbranched alkanes of at least 4 members (excludes halogenated alkanes) is 1. The number of rotatable bonds is 6. The summed E-state index contributed by atoms with van der Waals surface area (Å²) in [5.41, 5.74) is 0.830. The summed E-state index contributed by atoms with van der Waals surface area (Å²) in [6, 6.07) is 6.65. The first kappa shape index (κ1) is 18.8. The predicted molar refractivity (Wildman–Crippen MR) is 71.3 cm³/mol. The van der Waals surface area contributed by atoms with E-state index < -0.39 is 16.5 Å². The summed E-state index contributed by atoms with van der Waals surface area (Å²) in [7, 11) is -5.17. The van der Waals surface area contributed by atoms with E-state index in [-0.39, 0.29) is 5.75 Å². The molecule has 8 heteroatoms. The zero-order valence-corrected chi connectivity index (χ0v) is 12.0. The van der Waals surface area contributed by atoms with E-state index in [4.69, 9.17) is 22.6 Å². The van der Waals surface area contributed by atoms with Crippen molar-refractivity contribution in [1.29, 1.82) is 0 Å². The molecule has 0 aliphatic carbocycles. The van der Waals surface area contributed by atoms with Crippen LogP contribution < -0.4 is 5.32 Å². The van der Waals surface area contributed by atoms with Crippen LogP contribution in [0.3, 0.4) is 0 Å². The molecule has 116 valence electrons. The van der Waals surface area contributed by atoms with E-state index in [0.29, 0.717) is 6.54 Å². The summed E-state index contributed by atoms with van der Waals surface area (Å²) in [6.07, 6.45) is 1.78. The predicted octanol–water partition coefficient (Wildman–Crippen LogP) is 0.477. The second-order valence-corrected chi connectivity index (χ2v) is 4.89. The molecule has 0 aliphatic heterocycles. The number of phenols is 1. The maximum atomic E-state index is 9.77. The highest BCUT2D eigenvalue weighted by Gasteiger charge is 2.05. The smallest absolute Gasteiger partial charge is 0.115 e. The van der Waals surface area contributed by atoms with E-state index in [1.165, 1.54) is 0 Å². The van der Waals surface area contributed by atoms with Gasteiger partial charge in [0, 0.05) is 16.9 Å². The number of nitrogens with one attached hydrogen (secondary N) is 1. The average Bonchev–Trinajstić information content (AvgIpc) is 2.33. The quantitative estimate of drug-likeness (QED) is 0.395. The molecule has 1 unspecified atom stereocenters. The molecular weight excluding hydrogens is 286 g/mol. The highest BCUT2D eigenvalue weighted by molar-refractivity contribution is 7.79. The Balaban J connectivity index is 0.000000621. The number of hydrogen-bond donors (Lipinski definition) is 3. The Labute approximate surface area is 118 Å². The first-order chi connectivity index (χ1) is 9.24. The molecule has 0 amide bonds. The van der Waals surface area contributed by atoms with Crippen LogP contribution in [0.4, 0.5) is 0 Å². The van der Waals surface area contributed by atoms with Crippen LogP contribution in [0.25, 0.3) is 0 Å². The van der Waals surface area contributed by atoms with Crippen LogP contribution >= 0.6 is 0 Å². The molecule has 7 nitrogen and oxygen atoms in total. The number of aliphatic hydroxyl groups excluding tert-OH is 1. The van der Waals surface area contributed by atoms with Crippen LogP contribution in [0.1, 0.15) is 31.4 Å². The van der Waals surface area contributed by atoms with Gasteiger partial charge in [0.1, 0.15) is 5.75 Å². The van der Waals surface area contributed by atoms with Gasteiger partial charge in [-0.05, 0) is 30.7 Å². The van der Waals surface area contributed by atoms with Crippen LogP contribution in [-0.4, -0.2) is 40.8 Å². The van der Waals surface area contributed by atoms with Gasteiger partial charge in [-0.15, -0.1) is 0 Å². The van der Waals surface area contributed by atoms with Crippen molar-refractivity contribution >= 4 is 10.4 Å². The molecule has 0 saturated heterocycles. The Kier molecular flexibility index (Phi) is 9.10. The monoisotopic (exact) mass is 305 g/mol. The molecule has 1 aromatic rings. The van der Waals surface area contributed by atoms with E-state index in [1.54, 1.807) is 24.3 Å². The Morgan fingerprint density at radius 3 is 2.20 bits per heavy atom. The summed E-state index contributed by atoms with van der Waals surface area (Å²) in [6.45, 7) is 3.63. The van der Waals surface area contributed by atoms with E-state index in [2.05, 4.69) is 12.2 Å². The molecule has 0 radical (unpaired) electrons. The standard InChI is InChI=1S/C12H19NO2.H2O4S/c1-2-3-8-13-9-12(15)10-4-6-11(14)7-5-10;1-5(2,3)4/h4-7,12-15H,2-3,8-9H2,1H3;(H2,1,2,3,4)/p-2. The molecule has 3 N–H and O–H groups in total. The van der Waals surface area contributed by atoms with Crippen molar-refractivity contribution in [3.8, 4) is 5.75 Å². The third kappa shape index (κ3) is 11.9. The zero-order valence-electron chi connectivity index (χ0n) is 11.2. The molecular formula is C12H19NO6S-2. The van der Waals surface area contributed by atoms with Gasteiger partial charge in [-0.1, -0.05) is 25.5 Å². The molecule has 0 saturated carbocycles. The van der Waals surface area contributed by atoms with Gasteiger partial charge in [0.05, 0.1) is 6.10 Å². The van der Waals surface area contributed by atoms with Crippen molar-refractivity contribution in [3.05, 3.63) is 29.8 Å². The maximum Gasteiger partial charge on any atom is 0.115 e. The summed E-state index contributed by atoms with van der Waals surface area (Å²) >= 11 is 0. The van der Waals surface area contributed by atoms with Gasteiger partial charge in [-0.3, -0.25) is 8.42 Å². The van der Waals surface area contributed by atoms with Gasteiger partial charge >= 0.3 is 0 Å². The van der Waals surface area contributed by atoms with Crippen LogP contribution in [0.5, 0.6) is 5.75 Å². The molecule has 0 heterocycles. The van der Waals surface area contributed by atoms with E-state index >= 15 is 0 Å². The summed E-state index contributed by atoms with van der Waals surface area (Å²) in [4.78, 5) is 0. The molecule has 0 aliphatic rings. The van der Waals surface area contributed by atoms with Crippen LogP contribution in [0.2, 0.25) is 0 Å². The number of phenolic OH excluding ortho intramolecular Hbond substituents is 1. The SMILES string of the molecule is CCCCNCC(O)c1ccc(O)cc1.O=S(=O)([O-])[O-]. The maximum absolute atomic E-state index is 9.77. The third-order valence-corrected chi connectivity index (χ3v) is 2.32. The fourth-order valence-electron chi connectivity index (χ4n) is 1.35. The second kappa shape index (κ2) is 9.67. The second-order valence-electron chi connectivity index (χ2n) is 4.07. The molecule has 0 aromatic heterocycles. The Hall–Kier alpha value is -1.19. The lowest BCUT2D eigenvalue weighted by molar-refractivity contribution is 0.174. The fourth-order valence-corrected chi connectivity index (χ4v) is 1.35. The molecule has 0 bridgehead atoms. The average molecular weight is 305 g/mol. The van der Waals surface area contributed by atoms with Gasteiger partial charge in [-0.2, -0.15) is 0 Å². The van der Waals surface area contributed by atoms with Crippen molar-refractivity contribution in [2.75, 3.05) is 13.1 Å². The van der Waals surface area contributed by atoms with Crippen molar-refractivity contribution in [3.63, 3.8) is 0 Å². The summed E-state index contributed by atoms with van der Waals surface area (Å²) < 4.78 is 34.1. The van der Waals surface area contributed by atoms with Gasteiger partial charge in [0.2, 0.25) is 0 Å². The molecule has 20 heavy (non-hydrogen) atoms. The van der Waals surface area contributed by atoms with Crippen molar-refractivity contribution in [2.45, 2.75) is 25.9 Å². The molecule has 1 atom stereocenters. The minimum Gasteiger partial charge on any atom is -0.759 e. The summed E-state index contributed by atoms with van der Waals surface area (Å²) in [5, 5.41) is 22.0. The largest absolute Gasteiger partial charge is 0.759 e. The van der Waals surface area contributed by atoms with E-state index in [1.807, 2.05) is 0 Å². The minimum atomic E-state index is -5.17. The molecule has 1 rings (SSSR count). The van der Waals surface area contributed by atoms with Crippen molar-refractivity contribution in [2.24, 2.45) is 0 Å². The number of aliphatic hydroxyl groups is 1. The normalized spacial score (nSPS) is 12.4. The number of hydrogen-bond acceptors (Lipinski definition) is 7. The Morgan fingerprint density at radius 1 is 1.25 bits per heavy atom. The third-order valence-electron chi connectivity index (χ3n) is 2.32. The van der Waals surface area contributed by atoms with Crippen LogP contribution in [-0.2, 0) is 10.4 Å². The van der Waals surface area contributed by atoms with Crippen LogP contribution in [0.15, 0.2) is 24.3 Å². The van der Waals surface area contributed by atoms with Crippen molar-refractivity contribution < 1.29 is 27.7 Å². The lowest BCUT2D eigenvalue weighted by Crippen LogP contribution is -2.22. The molecule has 0 spiro atoms. The highest BCUT2D eigenvalue weighted by atomic mass is 32.3. The van der Waals surface area contributed by atoms with Gasteiger partial charge in [0.25, 0.3) is 0 Å². The topological polar surface area (TPSA) is 133 Å². The van der Waals surface area contributed by atoms with Gasteiger partial charge < -0.3 is 24.6 Å². The lowest BCUT2D eigenvalue weighted by atomic mass is 10.1. The van der Waals surface area contributed by atoms with Crippen LogP contribution in [0, 0.1) is 0 Å². The Bertz CT molecular complexity index is 451. The first-order valence-electron chi connectivity index (χ1n) is 6.08. The van der Waals surface area contributed by atoms with E-state index in [9.17, 15) is 5.11 Å². The zero-order chi connectivity index (χ0) is 15.6. The van der Waals surface area contributed by atoms with E-state index in [0.717, 1.165) is 24.9 Å². The molecule has 1 aromatic carbocycles. The first-order valence-corrected chi connectivity index (χ1v) is 7.41. The van der Waals surface area contributed by atoms with Crippen molar-refractivity contribution in [1.82, 2.24) is 5.32 Å². The fraction of sp³-hybridized carbons (Fsp3) is 0.500. The minimum absolute atomic E-state index is 0.227. The molecule has 0 fully saturated rings. The Morgan fingerprint density at radius 2 is 1.75 bits per heavy atom. The number of aromatic hydroxyl groups is 1. The van der Waals surface area contributed by atoms with Gasteiger partial charge in [-0.25, -0.2) is 0 Å². The number of benzene rings is 1. The summed E-state index contributed by atoms with van der Waals surface area (Å²) in [5.74, 6) is 0.227. The van der Waals surface area contributed by atoms with Gasteiger partial charge in [0.15, 0.2) is 0 Å². The highest BCUT2D eigenvalue weighted by Crippen LogP contribution is 2.15. The lowest BCUT2D eigenvalue weighted by Gasteiger charge is -2.11.